The number of carbonyl (C=O) groups is 2. The number of hydrogen-bond acceptors (Lipinski definition) is 8. The number of rotatable bonds is 7. The highest BCUT2D eigenvalue weighted by atomic mass is 16.5. The Bertz CT molecular complexity index is 1080. The number of amides is 1. The van der Waals surface area contributed by atoms with E-state index in [-0.39, 0.29) is 11.6 Å². The Balaban J connectivity index is 1.36. The number of carbonyl (C=O) groups excluding carboxylic acids is 2. The highest BCUT2D eigenvalue weighted by Crippen LogP contribution is 2.16. The Hall–Kier alpha value is -3.92. The molecule has 166 valence electrons. The molecule has 2 N–H and O–H groups in total. The maximum absolute atomic E-state index is 12.6. The van der Waals surface area contributed by atoms with Crippen LogP contribution in [0.1, 0.15) is 27.8 Å². The van der Waals surface area contributed by atoms with Crippen LogP contribution >= 0.6 is 0 Å². The molecule has 1 aromatic carbocycles. The fraction of sp³-hybridized carbons (Fsp3) is 0.273. The lowest BCUT2D eigenvalue weighted by molar-refractivity contribution is 0.0526. The summed E-state index contributed by atoms with van der Waals surface area (Å²) >= 11 is 0. The van der Waals surface area contributed by atoms with Gasteiger partial charge in [-0.25, -0.2) is 9.78 Å². The predicted molar refractivity (Wildman–Crippen MR) is 119 cm³/mol. The Labute approximate surface area is 185 Å². The second kappa shape index (κ2) is 9.92. The molecule has 3 aromatic rings. The molecule has 0 saturated carbocycles. The zero-order chi connectivity index (χ0) is 22.3. The third-order valence-electron chi connectivity index (χ3n) is 4.78. The van der Waals surface area contributed by atoms with E-state index in [2.05, 4.69) is 25.7 Å². The van der Waals surface area contributed by atoms with Gasteiger partial charge < -0.3 is 19.7 Å². The van der Waals surface area contributed by atoms with Gasteiger partial charge in [0.15, 0.2) is 5.69 Å². The Kier molecular flexibility index (Phi) is 6.61. The summed E-state index contributed by atoms with van der Waals surface area (Å²) in [7, 11) is 0. The molecular weight excluding hydrogens is 412 g/mol. The van der Waals surface area contributed by atoms with Gasteiger partial charge in [-0.3, -0.25) is 10.2 Å². The van der Waals surface area contributed by atoms with Crippen molar-refractivity contribution in [2.45, 2.75) is 6.92 Å². The lowest BCUT2D eigenvalue weighted by Gasteiger charge is -2.27. The summed E-state index contributed by atoms with van der Waals surface area (Å²) in [5.74, 6) is 0.0986. The van der Waals surface area contributed by atoms with E-state index in [1.807, 2.05) is 12.1 Å². The van der Waals surface area contributed by atoms with E-state index in [4.69, 9.17) is 9.47 Å². The minimum Gasteiger partial charge on any atom is -0.462 e. The van der Waals surface area contributed by atoms with Gasteiger partial charge in [0.05, 0.1) is 43.0 Å². The van der Waals surface area contributed by atoms with Gasteiger partial charge in [0.2, 0.25) is 0 Å². The molecule has 1 saturated heterocycles. The lowest BCUT2D eigenvalue weighted by Crippen LogP contribution is -2.36. The van der Waals surface area contributed by atoms with Crippen molar-refractivity contribution in [1.29, 1.82) is 0 Å². The van der Waals surface area contributed by atoms with E-state index in [0.717, 1.165) is 18.9 Å². The molecule has 0 spiro atoms. The molecule has 10 nitrogen and oxygen atoms in total. The second-order valence-corrected chi connectivity index (χ2v) is 7.02. The summed E-state index contributed by atoms with van der Waals surface area (Å²) in [5, 5.41) is 7.03. The van der Waals surface area contributed by atoms with Crippen molar-refractivity contribution in [2.24, 2.45) is 0 Å². The summed E-state index contributed by atoms with van der Waals surface area (Å²) < 4.78 is 10.4. The smallest absolute Gasteiger partial charge is 0.338 e. The quantitative estimate of drug-likeness (QED) is 0.544. The van der Waals surface area contributed by atoms with Crippen LogP contribution in [0.3, 0.4) is 0 Å². The molecule has 4 rings (SSSR count). The lowest BCUT2D eigenvalue weighted by atomic mass is 10.2. The molecule has 1 amide bonds. The van der Waals surface area contributed by atoms with E-state index >= 15 is 0 Å². The van der Waals surface area contributed by atoms with Crippen LogP contribution in [-0.2, 0) is 9.47 Å². The van der Waals surface area contributed by atoms with Gasteiger partial charge in [0.1, 0.15) is 5.82 Å². The molecule has 0 radical (unpaired) electrons. The van der Waals surface area contributed by atoms with E-state index in [1.54, 1.807) is 49.6 Å². The summed E-state index contributed by atoms with van der Waals surface area (Å²) in [4.78, 5) is 32.4. The first-order valence-corrected chi connectivity index (χ1v) is 10.3. The Morgan fingerprint density at radius 1 is 1.12 bits per heavy atom. The van der Waals surface area contributed by atoms with Crippen molar-refractivity contribution < 1.29 is 19.1 Å². The zero-order valence-corrected chi connectivity index (χ0v) is 17.7. The molecule has 3 heterocycles. The summed E-state index contributed by atoms with van der Waals surface area (Å²) in [5.41, 5.74) is 4.89. The predicted octanol–water partition coefficient (Wildman–Crippen LogP) is 2.42. The Morgan fingerprint density at radius 3 is 2.72 bits per heavy atom. The van der Waals surface area contributed by atoms with Crippen LogP contribution in [0.25, 0.3) is 0 Å². The topological polar surface area (TPSA) is 111 Å². The van der Waals surface area contributed by atoms with Crippen molar-refractivity contribution in [3.63, 3.8) is 0 Å². The zero-order valence-electron chi connectivity index (χ0n) is 17.7. The van der Waals surface area contributed by atoms with Gasteiger partial charge in [-0.2, -0.15) is 4.79 Å². The van der Waals surface area contributed by atoms with Crippen molar-refractivity contribution >= 4 is 29.1 Å². The fourth-order valence-corrected chi connectivity index (χ4v) is 3.20. The average molecular weight is 436 g/mol. The van der Waals surface area contributed by atoms with Crippen LogP contribution in [0, 0.1) is 0 Å². The third kappa shape index (κ3) is 5.22. The molecule has 10 heteroatoms. The number of benzene rings is 1. The molecule has 0 aliphatic carbocycles. The van der Waals surface area contributed by atoms with Crippen LogP contribution in [0.2, 0.25) is 0 Å². The molecule has 2 aromatic heterocycles. The molecule has 1 fully saturated rings. The molecule has 0 bridgehead atoms. The van der Waals surface area contributed by atoms with Crippen LogP contribution in [0.5, 0.6) is 0 Å². The van der Waals surface area contributed by atoms with Crippen LogP contribution in [0.15, 0.2) is 54.9 Å². The normalized spacial score (nSPS) is 13.5. The number of nitrogens with one attached hydrogen (secondary N) is 2. The minimum atomic E-state index is -0.398. The van der Waals surface area contributed by atoms with Crippen molar-refractivity contribution in [3.8, 4) is 0 Å². The maximum Gasteiger partial charge on any atom is 0.338 e. The van der Waals surface area contributed by atoms with Gasteiger partial charge in [0, 0.05) is 19.3 Å². The highest BCUT2D eigenvalue weighted by molar-refractivity contribution is 6.02. The number of pyridine rings is 1. The van der Waals surface area contributed by atoms with E-state index in [1.165, 1.54) is 4.79 Å². The maximum atomic E-state index is 12.6. The number of anilines is 3. The summed E-state index contributed by atoms with van der Waals surface area (Å²) in [6.45, 7) is 5.02. The number of nitrogens with zero attached hydrogens (tertiary/aromatic N) is 4. The molecule has 1 aliphatic rings. The first kappa shape index (κ1) is 21.3. The van der Waals surface area contributed by atoms with Crippen LogP contribution in [-0.4, -0.2) is 59.7 Å². The second-order valence-electron chi connectivity index (χ2n) is 7.02. The van der Waals surface area contributed by atoms with Gasteiger partial charge in [0.25, 0.3) is 5.91 Å². The van der Waals surface area contributed by atoms with Crippen molar-refractivity contribution in [2.75, 3.05) is 48.6 Å². The molecule has 0 atom stereocenters. The number of ether oxygens (including phenoxy) is 2. The van der Waals surface area contributed by atoms with Gasteiger partial charge in [-0.1, -0.05) is 6.07 Å². The molecule has 32 heavy (non-hydrogen) atoms. The molecular formula is C22H24N6O4. The van der Waals surface area contributed by atoms with E-state index in [0.29, 0.717) is 36.8 Å². The van der Waals surface area contributed by atoms with Crippen molar-refractivity contribution in [3.05, 3.63) is 66.1 Å². The summed E-state index contributed by atoms with van der Waals surface area (Å²) in [6.07, 6.45) is 3.24. The van der Waals surface area contributed by atoms with Crippen LogP contribution < -0.4 is 15.6 Å². The standard InChI is InChI=1S/C22H24N6O4/c1-2-32-22(30)16-4-3-5-17(14-16)25-28-9-8-19(26-28)21(29)24-18-6-7-20(23-15-18)27-10-12-31-13-11-27/h3-9,14-15,25H,2,10-13H2,1H3,(H,24,29). The SMILES string of the molecule is CCOC(=O)c1cccc(Nn2ccc(C(=O)Nc3ccc(N4CCOCC4)nc3)n2)c1. The third-order valence-corrected chi connectivity index (χ3v) is 4.78. The van der Waals surface area contributed by atoms with E-state index in [9.17, 15) is 9.59 Å². The van der Waals surface area contributed by atoms with Gasteiger partial charge in [-0.05, 0) is 43.3 Å². The van der Waals surface area contributed by atoms with Gasteiger partial charge >= 0.3 is 5.97 Å². The Morgan fingerprint density at radius 2 is 1.97 bits per heavy atom. The fourth-order valence-electron chi connectivity index (χ4n) is 3.20. The largest absolute Gasteiger partial charge is 0.462 e. The first-order chi connectivity index (χ1) is 15.6. The number of morpholine rings is 1. The monoisotopic (exact) mass is 436 g/mol. The number of hydrogen-bond donors (Lipinski definition) is 2. The van der Waals surface area contributed by atoms with Crippen molar-refractivity contribution in [1.82, 2.24) is 14.9 Å². The average Bonchev–Trinajstić information content (AvgIpc) is 3.29. The number of esters is 1. The van der Waals surface area contributed by atoms with Crippen LogP contribution in [0.4, 0.5) is 17.2 Å². The minimum absolute atomic E-state index is 0.233. The first-order valence-electron chi connectivity index (χ1n) is 10.3. The molecule has 1 aliphatic heterocycles. The van der Waals surface area contributed by atoms with Gasteiger partial charge in [-0.15, -0.1) is 5.10 Å². The number of aromatic nitrogens is 3. The highest BCUT2D eigenvalue weighted by Gasteiger charge is 2.14. The molecule has 0 unspecified atom stereocenters. The summed E-state index contributed by atoms with van der Waals surface area (Å²) in [6, 6.07) is 12.1. The van der Waals surface area contributed by atoms with E-state index < -0.39 is 5.97 Å².